The zero-order valence-corrected chi connectivity index (χ0v) is 16.9. The van der Waals surface area contributed by atoms with Crippen LogP contribution in [0.3, 0.4) is 0 Å². The Morgan fingerprint density at radius 2 is 1.72 bits per heavy atom. The van der Waals surface area contributed by atoms with E-state index in [1.165, 1.54) is 5.56 Å². The highest BCUT2D eigenvalue weighted by atomic mass is 16.5. The third-order valence-electron chi connectivity index (χ3n) is 6.32. The zero-order chi connectivity index (χ0) is 19.9. The molecule has 1 aromatic carbocycles. The molecule has 0 atom stereocenters. The second kappa shape index (κ2) is 9.51. The Balaban J connectivity index is 1.44. The largest absolute Gasteiger partial charge is 0.381 e. The zero-order valence-electron chi connectivity index (χ0n) is 16.9. The minimum Gasteiger partial charge on any atom is -0.381 e. The van der Waals surface area contributed by atoms with Crippen LogP contribution in [-0.4, -0.2) is 43.9 Å². The maximum Gasteiger partial charge on any atom is 0.226 e. The standard InChI is InChI=1S/C24H30N2O3/c27-23(26-17-20-7-12-28-13-8-20)24(9-14-29-15-10-24)16-19-3-5-21(6-4-19)22-2-1-11-25-18-22/h1-6,11,18,20H,7-10,12-17H2,(H,26,27). The van der Waals surface area contributed by atoms with Crippen molar-refractivity contribution in [3.05, 3.63) is 54.4 Å². The average Bonchev–Trinajstić information content (AvgIpc) is 2.80. The number of pyridine rings is 1. The lowest BCUT2D eigenvalue weighted by atomic mass is 9.74. The van der Waals surface area contributed by atoms with Gasteiger partial charge in [0.2, 0.25) is 5.91 Å². The van der Waals surface area contributed by atoms with Crippen molar-refractivity contribution < 1.29 is 14.3 Å². The van der Waals surface area contributed by atoms with Gasteiger partial charge in [-0.15, -0.1) is 0 Å². The summed E-state index contributed by atoms with van der Waals surface area (Å²) in [6.07, 6.45) is 8.03. The molecule has 0 bridgehead atoms. The van der Waals surface area contributed by atoms with Gasteiger partial charge in [0.15, 0.2) is 0 Å². The molecular weight excluding hydrogens is 364 g/mol. The van der Waals surface area contributed by atoms with Crippen molar-refractivity contribution >= 4 is 5.91 Å². The first-order chi connectivity index (χ1) is 14.3. The van der Waals surface area contributed by atoms with Crippen molar-refractivity contribution in [2.75, 3.05) is 33.0 Å². The van der Waals surface area contributed by atoms with Gasteiger partial charge in [0.25, 0.3) is 0 Å². The Morgan fingerprint density at radius 3 is 2.41 bits per heavy atom. The van der Waals surface area contributed by atoms with E-state index in [9.17, 15) is 4.79 Å². The average molecular weight is 395 g/mol. The molecule has 0 saturated carbocycles. The van der Waals surface area contributed by atoms with Crippen LogP contribution >= 0.6 is 0 Å². The molecule has 4 rings (SSSR count). The van der Waals surface area contributed by atoms with Gasteiger partial charge in [-0.3, -0.25) is 9.78 Å². The molecule has 1 N–H and O–H groups in total. The van der Waals surface area contributed by atoms with Crippen molar-refractivity contribution in [1.29, 1.82) is 0 Å². The van der Waals surface area contributed by atoms with E-state index in [1.807, 2.05) is 12.3 Å². The van der Waals surface area contributed by atoms with Gasteiger partial charge in [-0.1, -0.05) is 30.3 Å². The summed E-state index contributed by atoms with van der Waals surface area (Å²) < 4.78 is 11.0. The molecule has 29 heavy (non-hydrogen) atoms. The summed E-state index contributed by atoms with van der Waals surface area (Å²) in [6.45, 7) is 3.67. The molecule has 0 radical (unpaired) electrons. The van der Waals surface area contributed by atoms with Crippen LogP contribution in [0.2, 0.25) is 0 Å². The van der Waals surface area contributed by atoms with Crippen LogP contribution in [0.5, 0.6) is 0 Å². The normalized spacial score (nSPS) is 19.6. The molecule has 1 amide bonds. The Morgan fingerprint density at radius 1 is 1.00 bits per heavy atom. The van der Waals surface area contributed by atoms with Gasteiger partial charge in [-0.05, 0) is 60.8 Å². The minimum atomic E-state index is -0.376. The van der Waals surface area contributed by atoms with E-state index in [4.69, 9.17) is 9.47 Å². The van der Waals surface area contributed by atoms with E-state index in [1.54, 1.807) is 6.20 Å². The number of nitrogens with zero attached hydrogens (tertiary/aromatic N) is 1. The van der Waals surface area contributed by atoms with Crippen LogP contribution in [0, 0.1) is 11.3 Å². The smallest absolute Gasteiger partial charge is 0.226 e. The predicted molar refractivity (Wildman–Crippen MR) is 112 cm³/mol. The molecule has 2 aliphatic rings. The van der Waals surface area contributed by atoms with Crippen LogP contribution in [0.25, 0.3) is 11.1 Å². The van der Waals surface area contributed by atoms with Gasteiger partial charge in [0, 0.05) is 45.4 Å². The number of hydrogen-bond donors (Lipinski definition) is 1. The Bertz CT molecular complexity index is 780. The lowest BCUT2D eigenvalue weighted by Crippen LogP contribution is -2.47. The molecule has 0 aliphatic carbocycles. The molecule has 2 aliphatic heterocycles. The van der Waals surface area contributed by atoms with Crippen LogP contribution < -0.4 is 5.32 Å². The van der Waals surface area contributed by atoms with E-state index >= 15 is 0 Å². The van der Waals surface area contributed by atoms with Crippen molar-refractivity contribution in [3.8, 4) is 11.1 Å². The summed E-state index contributed by atoms with van der Waals surface area (Å²) in [5, 5.41) is 3.26. The SMILES string of the molecule is O=C(NCC1CCOCC1)C1(Cc2ccc(-c3cccnc3)cc2)CCOCC1. The number of aromatic nitrogens is 1. The highest BCUT2D eigenvalue weighted by Crippen LogP contribution is 2.35. The van der Waals surface area contributed by atoms with Crippen molar-refractivity contribution in [3.63, 3.8) is 0 Å². The number of rotatable bonds is 6. The lowest BCUT2D eigenvalue weighted by Gasteiger charge is -2.36. The first kappa shape index (κ1) is 20.0. The van der Waals surface area contributed by atoms with E-state index in [-0.39, 0.29) is 11.3 Å². The Labute approximate surface area is 172 Å². The molecular formula is C24H30N2O3. The number of hydrogen-bond acceptors (Lipinski definition) is 4. The van der Waals surface area contributed by atoms with Gasteiger partial charge in [0.1, 0.15) is 0 Å². The quantitative estimate of drug-likeness (QED) is 0.813. The Kier molecular flexibility index (Phi) is 6.57. The van der Waals surface area contributed by atoms with Crippen LogP contribution in [0.1, 0.15) is 31.2 Å². The van der Waals surface area contributed by atoms with Gasteiger partial charge in [-0.25, -0.2) is 0 Å². The van der Waals surface area contributed by atoms with Crippen LogP contribution in [-0.2, 0) is 20.7 Å². The molecule has 2 fully saturated rings. The topological polar surface area (TPSA) is 60.5 Å². The highest BCUT2D eigenvalue weighted by molar-refractivity contribution is 5.83. The number of ether oxygens (including phenoxy) is 2. The van der Waals surface area contributed by atoms with Crippen LogP contribution in [0.4, 0.5) is 0 Å². The summed E-state index contributed by atoms with van der Waals surface area (Å²) in [5.74, 6) is 0.715. The first-order valence-electron chi connectivity index (χ1n) is 10.7. The summed E-state index contributed by atoms with van der Waals surface area (Å²) in [5.41, 5.74) is 3.07. The van der Waals surface area contributed by atoms with Gasteiger partial charge >= 0.3 is 0 Å². The summed E-state index contributed by atoms with van der Waals surface area (Å²) >= 11 is 0. The highest BCUT2D eigenvalue weighted by Gasteiger charge is 2.40. The molecule has 3 heterocycles. The number of nitrogens with one attached hydrogen (secondary N) is 1. The van der Waals surface area contributed by atoms with E-state index in [2.05, 4.69) is 40.6 Å². The fourth-order valence-corrected chi connectivity index (χ4v) is 4.36. The lowest BCUT2D eigenvalue weighted by molar-refractivity contribution is -0.137. The summed E-state index contributed by atoms with van der Waals surface area (Å²) in [6, 6.07) is 12.5. The van der Waals surface area contributed by atoms with Crippen LogP contribution in [0.15, 0.2) is 48.8 Å². The maximum absolute atomic E-state index is 13.2. The minimum absolute atomic E-state index is 0.184. The van der Waals surface area contributed by atoms with Gasteiger partial charge in [-0.2, -0.15) is 0 Å². The third kappa shape index (κ3) is 5.03. The van der Waals surface area contributed by atoms with Crippen molar-refractivity contribution in [2.24, 2.45) is 11.3 Å². The molecule has 154 valence electrons. The molecule has 2 saturated heterocycles. The van der Waals surface area contributed by atoms with E-state index in [0.29, 0.717) is 19.1 Å². The molecule has 0 unspecified atom stereocenters. The maximum atomic E-state index is 13.2. The van der Waals surface area contributed by atoms with E-state index < -0.39 is 0 Å². The molecule has 5 heteroatoms. The predicted octanol–water partition coefficient (Wildman–Crippen LogP) is 3.63. The molecule has 0 spiro atoms. The first-order valence-corrected chi connectivity index (χ1v) is 10.7. The summed E-state index contributed by atoms with van der Waals surface area (Å²) in [4.78, 5) is 17.4. The Hall–Kier alpha value is -2.24. The van der Waals surface area contributed by atoms with Crippen molar-refractivity contribution in [2.45, 2.75) is 32.1 Å². The fraction of sp³-hybridized carbons (Fsp3) is 0.500. The monoisotopic (exact) mass is 394 g/mol. The number of benzene rings is 1. The third-order valence-corrected chi connectivity index (χ3v) is 6.32. The van der Waals surface area contributed by atoms with E-state index in [0.717, 1.165) is 63.0 Å². The van der Waals surface area contributed by atoms with Gasteiger partial charge in [0.05, 0.1) is 5.41 Å². The fourth-order valence-electron chi connectivity index (χ4n) is 4.36. The molecule has 1 aromatic heterocycles. The second-order valence-electron chi connectivity index (χ2n) is 8.27. The van der Waals surface area contributed by atoms with Crippen molar-refractivity contribution in [1.82, 2.24) is 10.3 Å². The molecule has 2 aromatic rings. The summed E-state index contributed by atoms with van der Waals surface area (Å²) in [7, 11) is 0. The second-order valence-corrected chi connectivity index (χ2v) is 8.27. The molecule has 5 nitrogen and oxygen atoms in total. The number of carbonyl (C=O) groups excluding carboxylic acids is 1. The number of amides is 1. The van der Waals surface area contributed by atoms with Gasteiger partial charge < -0.3 is 14.8 Å². The number of carbonyl (C=O) groups is 1.